The van der Waals surface area contributed by atoms with Gasteiger partial charge in [-0.2, -0.15) is 8.75 Å². The highest BCUT2D eigenvalue weighted by Crippen LogP contribution is 1.94. The Bertz CT molecular complexity index is 237. The monoisotopic (exact) mass is 167 g/mol. The van der Waals surface area contributed by atoms with Crippen molar-refractivity contribution in [2.45, 2.75) is 19.5 Å². The number of aromatic nitrogens is 2. The van der Waals surface area contributed by atoms with E-state index < -0.39 is 0 Å². The van der Waals surface area contributed by atoms with E-state index in [4.69, 9.17) is 6.42 Å². The largest absolute Gasteiger partial charge is 0.298 e. The molecule has 0 bridgehead atoms. The van der Waals surface area contributed by atoms with Crippen LogP contribution < -0.4 is 5.32 Å². The predicted octanol–water partition coefficient (Wildman–Crippen LogP) is 0.649. The highest BCUT2D eigenvalue weighted by Gasteiger charge is 1.97. The van der Waals surface area contributed by atoms with Crippen molar-refractivity contribution in [3.05, 3.63) is 11.9 Å². The van der Waals surface area contributed by atoms with Gasteiger partial charge in [0.1, 0.15) is 0 Å². The van der Waals surface area contributed by atoms with E-state index in [0.717, 1.165) is 5.69 Å². The van der Waals surface area contributed by atoms with Crippen LogP contribution in [0.3, 0.4) is 0 Å². The fourth-order valence-corrected chi connectivity index (χ4v) is 1.01. The third-order valence-corrected chi connectivity index (χ3v) is 1.76. The van der Waals surface area contributed by atoms with Gasteiger partial charge in [0.15, 0.2) is 0 Å². The van der Waals surface area contributed by atoms with E-state index in [0.29, 0.717) is 6.54 Å². The van der Waals surface area contributed by atoms with E-state index in [-0.39, 0.29) is 6.04 Å². The van der Waals surface area contributed by atoms with Crippen molar-refractivity contribution in [2.75, 3.05) is 0 Å². The zero-order valence-electron chi connectivity index (χ0n) is 6.24. The molecule has 1 heterocycles. The van der Waals surface area contributed by atoms with Crippen LogP contribution in [-0.4, -0.2) is 14.8 Å². The lowest BCUT2D eigenvalue weighted by Gasteiger charge is -2.03. The minimum atomic E-state index is 0.0942. The van der Waals surface area contributed by atoms with Crippen LogP contribution in [0.1, 0.15) is 12.6 Å². The second kappa shape index (κ2) is 4.06. The topological polar surface area (TPSA) is 37.8 Å². The van der Waals surface area contributed by atoms with Crippen LogP contribution in [0.25, 0.3) is 0 Å². The number of rotatable bonds is 3. The van der Waals surface area contributed by atoms with Crippen molar-refractivity contribution in [3.63, 3.8) is 0 Å². The van der Waals surface area contributed by atoms with Gasteiger partial charge in [-0.25, -0.2) is 0 Å². The molecular weight excluding hydrogens is 158 g/mol. The summed E-state index contributed by atoms with van der Waals surface area (Å²) in [6, 6.07) is 0.0942. The van der Waals surface area contributed by atoms with Crippen molar-refractivity contribution in [1.82, 2.24) is 14.1 Å². The lowest BCUT2D eigenvalue weighted by atomic mass is 10.3. The van der Waals surface area contributed by atoms with Gasteiger partial charge in [-0.1, -0.05) is 5.92 Å². The van der Waals surface area contributed by atoms with Gasteiger partial charge in [0.2, 0.25) is 0 Å². The van der Waals surface area contributed by atoms with Gasteiger partial charge in [-0.3, -0.25) is 5.32 Å². The standard InChI is InChI=1S/C7H9N3S/c1-3-6(2)8-4-7-5-9-11-10-7/h1,5-6,8H,4H2,2H3. The Balaban J connectivity index is 2.30. The maximum atomic E-state index is 5.17. The van der Waals surface area contributed by atoms with Crippen molar-refractivity contribution in [1.29, 1.82) is 0 Å². The smallest absolute Gasteiger partial charge is 0.0881 e. The molecule has 0 amide bonds. The lowest BCUT2D eigenvalue weighted by Crippen LogP contribution is -2.23. The summed E-state index contributed by atoms with van der Waals surface area (Å²) in [5, 5.41) is 3.10. The molecule has 0 fully saturated rings. The maximum absolute atomic E-state index is 5.17. The summed E-state index contributed by atoms with van der Waals surface area (Å²) in [7, 11) is 0. The Kier molecular flexibility index (Phi) is 3.02. The van der Waals surface area contributed by atoms with E-state index in [9.17, 15) is 0 Å². The van der Waals surface area contributed by atoms with Gasteiger partial charge in [0.25, 0.3) is 0 Å². The molecular formula is C7H9N3S. The first kappa shape index (κ1) is 8.18. The van der Waals surface area contributed by atoms with Crippen LogP contribution in [0.5, 0.6) is 0 Å². The predicted molar refractivity (Wildman–Crippen MR) is 45.0 cm³/mol. The van der Waals surface area contributed by atoms with Gasteiger partial charge >= 0.3 is 0 Å². The second-order valence-electron chi connectivity index (χ2n) is 2.17. The summed E-state index contributed by atoms with van der Waals surface area (Å²) in [6.07, 6.45) is 6.90. The summed E-state index contributed by atoms with van der Waals surface area (Å²) in [6.45, 7) is 2.63. The molecule has 11 heavy (non-hydrogen) atoms. The SMILES string of the molecule is C#CC(C)NCc1cnsn1. The summed E-state index contributed by atoms with van der Waals surface area (Å²) in [5.74, 6) is 2.57. The van der Waals surface area contributed by atoms with Crippen molar-refractivity contribution in [3.8, 4) is 12.3 Å². The van der Waals surface area contributed by atoms with Crippen molar-refractivity contribution >= 4 is 11.7 Å². The molecule has 1 rings (SSSR count). The molecule has 4 heteroatoms. The molecule has 1 aromatic heterocycles. The normalized spacial score (nSPS) is 12.4. The first-order chi connectivity index (χ1) is 5.33. The minimum absolute atomic E-state index is 0.0942. The van der Waals surface area contributed by atoms with E-state index in [1.165, 1.54) is 11.7 Å². The molecule has 0 aliphatic rings. The van der Waals surface area contributed by atoms with Crippen LogP contribution in [0, 0.1) is 12.3 Å². The molecule has 0 saturated carbocycles. The van der Waals surface area contributed by atoms with Gasteiger partial charge < -0.3 is 0 Å². The minimum Gasteiger partial charge on any atom is -0.298 e. The molecule has 0 spiro atoms. The van der Waals surface area contributed by atoms with E-state index in [2.05, 4.69) is 20.0 Å². The Hall–Kier alpha value is -0.920. The number of nitrogens with one attached hydrogen (secondary N) is 1. The zero-order valence-corrected chi connectivity index (χ0v) is 7.06. The fourth-order valence-electron chi connectivity index (χ4n) is 0.578. The van der Waals surface area contributed by atoms with Crippen molar-refractivity contribution in [2.24, 2.45) is 0 Å². The molecule has 1 unspecified atom stereocenters. The number of terminal acetylenes is 1. The number of nitrogens with zero attached hydrogens (tertiary/aromatic N) is 2. The van der Waals surface area contributed by atoms with Crippen LogP contribution in [0.2, 0.25) is 0 Å². The van der Waals surface area contributed by atoms with E-state index >= 15 is 0 Å². The van der Waals surface area contributed by atoms with Crippen LogP contribution >= 0.6 is 11.7 Å². The number of hydrogen-bond acceptors (Lipinski definition) is 4. The first-order valence-electron chi connectivity index (χ1n) is 3.29. The summed E-state index contributed by atoms with van der Waals surface area (Å²) < 4.78 is 7.89. The first-order valence-corrected chi connectivity index (χ1v) is 4.02. The molecule has 0 aliphatic carbocycles. The van der Waals surface area contributed by atoms with Gasteiger partial charge in [-0.05, 0) is 6.92 Å². The van der Waals surface area contributed by atoms with Crippen LogP contribution in [0.4, 0.5) is 0 Å². The molecule has 0 saturated heterocycles. The fraction of sp³-hybridized carbons (Fsp3) is 0.429. The summed E-state index contributed by atoms with van der Waals surface area (Å²) in [4.78, 5) is 0. The maximum Gasteiger partial charge on any atom is 0.0881 e. The Labute approximate surface area is 70.2 Å². The molecule has 0 aromatic carbocycles. The average molecular weight is 167 g/mol. The Morgan fingerprint density at radius 3 is 3.27 bits per heavy atom. The third kappa shape index (κ3) is 2.66. The molecule has 3 nitrogen and oxygen atoms in total. The highest BCUT2D eigenvalue weighted by molar-refractivity contribution is 6.99. The molecule has 58 valence electrons. The van der Waals surface area contributed by atoms with E-state index in [1.807, 2.05) is 6.92 Å². The van der Waals surface area contributed by atoms with Crippen LogP contribution in [-0.2, 0) is 6.54 Å². The molecule has 1 N–H and O–H groups in total. The van der Waals surface area contributed by atoms with Crippen molar-refractivity contribution < 1.29 is 0 Å². The Morgan fingerprint density at radius 1 is 1.91 bits per heavy atom. The third-order valence-electron chi connectivity index (χ3n) is 1.25. The molecule has 0 radical (unpaired) electrons. The molecule has 0 aliphatic heterocycles. The quantitative estimate of drug-likeness (QED) is 0.672. The van der Waals surface area contributed by atoms with Gasteiger partial charge in [0, 0.05) is 6.54 Å². The summed E-state index contributed by atoms with van der Waals surface area (Å²) >= 11 is 1.21. The highest BCUT2D eigenvalue weighted by atomic mass is 32.1. The zero-order chi connectivity index (χ0) is 8.10. The summed E-state index contributed by atoms with van der Waals surface area (Å²) in [5.41, 5.74) is 0.942. The molecule has 1 atom stereocenters. The average Bonchev–Trinajstić information content (AvgIpc) is 2.52. The van der Waals surface area contributed by atoms with Gasteiger partial charge in [0.05, 0.1) is 29.7 Å². The molecule has 1 aromatic rings. The Morgan fingerprint density at radius 2 is 2.73 bits per heavy atom. The van der Waals surface area contributed by atoms with Crippen LogP contribution in [0.15, 0.2) is 6.20 Å². The second-order valence-corrected chi connectivity index (χ2v) is 2.72. The van der Waals surface area contributed by atoms with E-state index in [1.54, 1.807) is 6.20 Å². The number of hydrogen-bond donors (Lipinski definition) is 1. The lowest BCUT2D eigenvalue weighted by molar-refractivity contribution is 0.641. The van der Waals surface area contributed by atoms with Gasteiger partial charge in [-0.15, -0.1) is 6.42 Å².